The second kappa shape index (κ2) is 9.94. The Morgan fingerprint density at radius 2 is 1.82 bits per heavy atom. The maximum Gasteiger partial charge on any atom is 0.410 e. The van der Waals surface area contributed by atoms with Crippen LogP contribution in [0.25, 0.3) is 0 Å². The van der Waals surface area contributed by atoms with E-state index in [9.17, 15) is 15.0 Å². The highest BCUT2D eigenvalue weighted by atomic mass is 16.6. The normalized spacial score (nSPS) is 26.2. The summed E-state index contributed by atoms with van der Waals surface area (Å²) in [4.78, 5) is 16.3. The van der Waals surface area contributed by atoms with E-state index >= 15 is 0 Å². The van der Waals surface area contributed by atoms with Gasteiger partial charge in [0.05, 0.1) is 12.2 Å². The average molecular weight is 466 g/mol. The second-order valence-electron chi connectivity index (χ2n) is 10.0. The van der Waals surface area contributed by atoms with Gasteiger partial charge in [-0.2, -0.15) is 0 Å². The summed E-state index contributed by atoms with van der Waals surface area (Å²) >= 11 is 0. The molecule has 0 saturated carbocycles. The molecule has 5 rings (SSSR count). The van der Waals surface area contributed by atoms with Crippen LogP contribution in [0, 0.1) is 5.92 Å². The van der Waals surface area contributed by atoms with Gasteiger partial charge in [0.25, 0.3) is 0 Å². The second-order valence-corrected chi connectivity index (χ2v) is 10.0. The molecule has 1 spiro atoms. The number of hydrogen-bond donors (Lipinski definition) is 3. The van der Waals surface area contributed by atoms with Crippen LogP contribution in [-0.4, -0.2) is 77.6 Å². The first-order valence-corrected chi connectivity index (χ1v) is 12.4. The van der Waals surface area contributed by atoms with Gasteiger partial charge in [0, 0.05) is 43.8 Å². The molecule has 2 saturated heterocycles. The standard InChI is InChI=1S/C27H35N3O4/c31-24(21-10-13-30(14-11-21)26(33)34-18-20-6-2-1-3-7-20)16-29-15-12-27(25(32)17-29)19-28-23-9-5-4-8-22(23)27/h1-9,21,24-25,28,31-32H,10-19H2. The van der Waals surface area contributed by atoms with Gasteiger partial charge in [-0.15, -0.1) is 0 Å². The quantitative estimate of drug-likeness (QED) is 0.630. The Hall–Kier alpha value is -2.61. The van der Waals surface area contributed by atoms with E-state index in [1.807, 2.05) is 42.5 Å². The first kappa shape index (κ1) is 23.1. The fraction of sp³-hybridized carbons (Fsp3) is 0.519. The van der Waals surface area contributed by atoms with E-state index in [1.54, 1.807) is 4.90 Å². The van der Waals surface area contributed by atoms with Crippen molar-refractivity contribution in [1.29, 1.82) is 0 Å². The number of carbonyl (C=O) groups excluding carboxylic acids is 1. The van der Waals surface area contributed by atoms with Crippen molar-refractivity contribution in [3.05, 3.63) is 65.7 Å². The van der Waals surface area contributed by atoms with Gasteiger partial charge in [-0.1, -0.05) is 48.5 Å². The number of para-hydroxylation sites is 1. The smallest absolute Gasteiger partial charge is 0.410 e. The number of ether oxygens (including phenoxy) is 1. The summed E-state index contributed by atoms with van der Waals surface area (Å²) in [7, 11) is 0. The highest BCUT2D eigenvalue weighted by molar-refractivity contribution is 5.67. The molecule has 34 heavy (non-hydrogen) atoms. The summed E-state index contributed by atoms with van der Waals surface area (Å²) in [5.41, 5.74) is 3.09. The van der Waals surface area contributed by atoms with Gasteiger partial charge in [-0.3, -0.25) is 4.90 Å². The molecule has 0 radical (unpaired) electrons. The molecule has 1 amide bonds. The fourth-order valence-corrected chi connectivity index (χ4v) is 5.83. The highest BCUT2D eigenvalue weighted by Gasteiger charge is 2.48. The number of nitrogens with zero attached hydrogens (tertiary/aromatic N) is 2. The molecule has 2 fully saturated rings. The van der Waals surface area contributed by atoms with Crippen LogP contribution >= 0.6 is 0 Å². The van der Waals surface area contributed by atoms with Crippen molar-refractivity contribution in [2.24, 2.45) is 5.92 Å². The van der Waals surface area contributed by atoms with Crippen molar-refractivity contribution in [2.45, 2.75) is 43.5 Å². The molecule has 3 atom stereocenters. The zero-order valence-electron chi connectivity index (χ0n) is 19.6. The summed E-state index contributed by atoms with van der Waals surface area (Å²) in [5.74, 6) is 0.153. The SMILES string of the molecule is O=C(OCc1ccccc1)N1CCC(C(O)CN2CCC3(CNc4ccccc43)C(O)C2)CC1. The average Bonchev–Trinajstić information content (AvgIpc) is 3.25. The number of anilines is 1. The van der Waals surface area contributed by atoms with Crippen LogP contribution in [0.3, 0.4) is 0 Å². The summed E-state index contributed by atoms with van der Waals surface area (Å²) < 4.78 is 5.45. The van der Waals surface area contributed by atoms with Crippen LogP contribution in [0.2, 0.25) is 0 Å². The minimum Gasteiger partial charge on any atom is -0.445 e. The number of hydrogen-bond acceptors (Lipinski definition) is 6. The Morgan fingerprint density at radius 1 is 1.09 bits per heavy atom. The van der Waals surface area contributed by atoms with Crippen molar-refractivity contribution < 1.29 is 19.7 Å². The van der Waals surface area contributed by atoms with Crippen LogP contribution in [0.4, 0.5) is 10.5 Å². The highest BCUT2D eigenvalue weighted by Crippen LogP contribution is 2.44. The zero-order chi connectivity index (χ0) is 23.5. The van der Waals surface area contributed by atoms with Crippen molar-refractivity contribution in [1.82, 2.24) is 9.80 Å². The monoisotopic (exact) mass is 465 g/mol. The maximum absolute atomic E-state index is 12.4. The molecule has 3 N–H and O–H groups in total. The largest absolute Gasteiger partial charge is 0.445 e. The van der Waals surface area contributed by atoms with Crippen molar-refractivity contribution in [3.63, 3.8) is 0 Å². The Morgan fingerprint density at radius 3 is 2.59 bits per heavy atom. The van der Waals surface area contributed by atoms with Crippen LogP contribution in [0.15, 0.2) is 54.6 Å². The number of fused-ring (bicyclic) bond motifs is 2. The number of carbonyl (C=O) groups is 1. The molecule has 7 nitrogen and oxygen atoms in total. The number of amides is 1. The number of aliphatic hydroxyl groups is 2. The molecule has 3 aliphatic heterocycles. The summed E-state index contributed by atoms with van der Waals surface area (Å²) in [5, 5.41) is 25.5. The minimum atomic E-state index is -0.467. The molecule has 182 valence electrons. The number of β-amino-alcohol motifs (C(OH)–C–C–N with tert-alkyl or cyclic N) is 2. The fourth-order valence-electron chi connectivity index (χ4n) is 5.83. The third kappa shape index (κ3) is 4.65. The van der Waals surface area contributed by atoms with Crippen LogP contribution < -0.4 is 5.32 Å². The van der Waals surface area contributed by atoms with Gasteiger partial charge < -0.3 is 25.2 Å². The summed E-state index contributed by atoms with van der Waals surface area (Å²) in [6.07, 6.45) is 1.19. The molecule has 0 aromatic heterocycles. The molecule has 3 aliphatic rings. The lowest BCUT2D eigenvalue weighted by Crippen LogP contribution is -2.56. The number of rotatable bonds is 5. The van der Waals surface area contributed by atoms with Gasteiger partial charge in [-0.25, -0.2) is 4.79 Å². The molecule has 2 aromatic rings. The van der Waals surface area contributed by atoms with Gasteiger partial charge >= 0.3 is 6.09 Å². The van der Waals surface area contributed by atoms with Crippen LogP contribution in [-0.2, 0) is 16.8 Å². The Labute approximate surface area is 201 Å². The predicted molar refractivity (Wildman–Crippen MR) is 131 cm³/mol. The van der Waals surface area contributed by atoms with E-state index in [4.69, 9.17) is 4.74 Å². The number of nitrogens with one attached hydrogen (secondary N) is 1. The summed E-state index contributed by atoms with van der Waals surface area (Å²) in [6, 6.07) is 18.0. The van der Waals surface area contributed by atoms with Crippen LogP contribution in [0.5, 0.6) is 0 Å². The third-order valence-corrected chi connectivity index (χ3v) is 7.99. The van der Waals surface area contributed by atoms with E-state index < -0.39 is 12.2 Å². The topological polar surface area (TPSA) is 85.3 Å². The van der Waals surface area contributed by atoms with Crippen molar-refractivity contribution >= 4 is 11.8 Å². The maximum atomic E-state index is 12.4. The van der Waals surface area contributed by atoms with E-state index in [-0.39, 0.29) is 24.0 Å². The summed E-state index contributed by atoms with van der Waals surface area (Å²) in [6.45, 7) is 4.23. The van der Waals surface area contributed by atoms with Gasteiger partial charge in [0.15, 0.2) is 0 Å². The lowest BCUT2D eigenvalue weighted by Gasteiger charge is -2.44. The first-order chi connectivity index (χ1) is 16.5. The molecule has 2 aromatic carbocycles. The van der Waals surface area contributed by atoms with Gasteiger partial charge in [0.2, 0.25) is 0 Å². The number of aliphatic hydroxyl groups excluding tert-OH is 2. The van der Waals surface area contributed by atoms with E-state index in [1.165, 1.54) is 5.56 Å². The Kier molecular flexibility index (Phi) is 6.77. The van der Waals surface area contributed by atoms with E-state index in [0.717, 1.165) is 43.6 Å². The number of piperidine rings is 2. The molecule has 3 unspecified atom stereocenters. The number of benzene rings is 2. The predicted octanol–water partition coefficient (Wildman–Crippen LogP) is 2.83. The van der Waals surface area contributed by atoms with E-state index in [2.05, 4.69) is 22.3 Å². The molecular formula is C27H35N3O4. The number of likely N-dealkylation sites (tertiary alicyclic amines) is 2. The lowest BCUT2D eigenvalue weighted by atomic mass is 9.72. The first-order valence-electron chi connectivity index (χ1n) is 12.4. The molecule has 0 aliphatic carbocycles. The third-order valence-electron chi connectivity index (χ3n) is 7.99. The van der Waals surface area contributed by atoms with Crippen molar-refractivity contribution in [2.75, 3.05) is 44.6 Å². The lowest BCUT2D eigenvalue weighted by molar-refractivity contribution is -0.0247. The molecular weight excluding hydrogens is 430 g/mol. The van der Waals surface area contributed by atoms with Gasteiger partial charge in [0.1, 0.15) is 6.61 Å². The molecule has 7 heteroatoms. The van der Waals surface area contributed by atoms with Crippen LogP contribution in [0.1, 0.15) is 30.4 Å². The zero-order valence-corrected chi connectivity index (χ0v) is 19.6. The Bertz CT molecular complexity index is 979. The minimum absolute atomic E-state index is 0.153. The molecule has 3 heterocycles. The van der Waals surface area contributed by atoms with Crippen molar-refractivity contribution in [3.8, 4) is 0 Å². The van der Waals surface area contributed by atoms with Gasteiger partial charge in [-0.05, 0) is 48.9 Å². The van der Waals surface area contributed by atoms with E-state index in [0.29, 0.717) is 26.2 Å². The Balaban J connectivity index is 1.08. The molecule has 0 bridgehead atoms.